The minimum atomic E-state index is -1.78. The number of carboxylic acids is 1. The van der Waals surface area contributed by atoms with Gasteiger partial charge in [-0.25, -0.2) is 4.98 Å². The van der Waals surface area contributed by atoms with Gasteiger partial charge in [-0.2, -0.15) is 0 Å². The van der Waals surface area contributed by atoms with Gasteiger partial charge in [0, 0.05) is 37.2 Å². The lowest BCUT2D eigenvalue weighted by atomic mass is 9.89. The molecular formula is C19H19N3O5S4. The van der Waals surface area contributed by atoms with Crippen LogP contribution in [-0.2, 0) is 25.7 Å². The van der Waals surface area contributed by atoms with Gasteiger partial charge in [0.1, 0.15) is 22.2 Å². The molecule has 0 spiro atoms. The number of β-lactam (4-membered cyclic amide) rings is 1. The van der Waals surface area contributed by atoms with Crippen molar-refractivity contribution in [1.82, 2.24) is 14.2 Å². The molecule has 0 bridgehead atoms. The minimum absolute atomic E-state index is 0.0482. The summed E-state index contributed by atoms with van der Waals surface area (Å²) in [4.78, 5) is 43.1. The highest BCUT2D eigenvalue weighted by Gasteiger charge is 2.62. The molecule has 2 fully saturated rings. The van der Waals surface area contributed by atoms with E-state index < -0.39 is 40.1 Å². The van der Waals surface area contributed by atoms with Gasteiger partial charge in [0.05, 0.1) is 5.03 Å². The summed E-state index contributed by atoms with van der Waals surface area (Å²) in [6.45, 7) is 1.34. The van der Waals surface area contributed by atoms with E-state index in [-0.39, 0.29) is 24.0 Å². The molecular weight excluding hydrogens is 478 g/mol. The Morgan fingerprint density at radius 2 is 2.23 bits per heavy atom. The average Bonchev–Trinajstić information content (AvgIpc) is 3.30. The van der Waals surface area contributed by atoms with E-state index in [0.717, 1.165) is 9.33 Å². The van der Waals surface area contributed by atoms with E-state index in [9.17, 15) is 24.0 Å². The van der Waals surface area contributed by atoms with Gasteiger partial charge in [0.2, 0.25) is 4.21 Å². The van der Waals surface area contributed by atoms with E-state index in [1.165, 1.54) is 46.7 Å². The van der Waals surface area contributed by atoms with Crippen molar-refractivity contribution in [3.8, 4) is 0 Å². The molecule has 0 aromatic carbocycles. The molecule has 4 rings (SSSR count). The first-order valence-electron chi connectivity index (χ1n) is 9.28. The molecule has 0 saturated carbocycles. The molecule has 0 aliphatic carbocycles. The molecule has 2 saturated heterocycles. The van der Waals surface area contributed by atoms with Gasteiger partial charge >= 0.3 is 5.97 Å². The number of rotatable bonds is 7. The summed E-state index contributed by atoms with van der Waals surface area (Å²) < 4.78 is 14.6. The van der Waals surface area contributed by atoms with E-state index in [4.69, 9.17) is 0 Å². The smallest absolute Gasteiger partial charge is 0.313 e. The van der Waals surface area contributed by atoms with Crippen LogP contribution >= 0.6 is 34.9 Å². The van der Waals surface area contributed by atoms with Gasteiger partial charge in [0.15, 0.2) is 6.04 Å². The number of nitrogens with zero attached hydrogens (tertiary/aromatic N) is 3. The fourth-order valence-corrected chi connectivity index (χ4v) is 8.55. The van der Waals surface area contributed by atoms with Crippen LogP contribution in [0.5, 0.6) is 0 Å². The molecule has 31 heavy (non-hydrogen) atoms. The van der Waals surface area contributed by atoms with E-state index in [0.29, 0.717) is 4.21 Å². The summed E-state index contributed by atoms with van der Waals surface area (Å²) >= 11 is 2.14. The Morgan fingerprint density at radius 3 is 2.84 bits per heavy atom. The zero-order valence-electron chi connectivity index (χ0n) is 16.4. The summed E-state index contributed by atoms with van der Waals surface area (Å²) in [7, 11) is 0. The molecule has 3 unspecified atom stereocenters. The Labute approximate surface area is 194 Å². The minimum Gasteiger partial charge on any atom is -0.587 e. The van der Waals surface area contributed by atoms with Gasteiger partial charge in [-0.3, -0.25) is 14.4 Å². The number of hydrogen-bond donors (Lipinski definition) is 1. The van der Waals surface area contributed by atoms with Gasteiger partial charge in [-0.15, -0.1) is 27.8 Å². The second kappa shape index (κ2) is 9.02. The molecule has 12 heteroatoms. The Kier molecular flexibility index (Phi) is 6.54. The SMILES string of the molecule is CC(=O)N(C1C(=O)N2CC(CSc3ccccn3)(C(=O)O)CS[C@H]12)[S+]([O-])c1cccs1. The van der Waals surface area contributed by atoms with Crippen LogP contribution in [0.3, 0.4) is 0 Å². The first kappa shape index (κ1) is 22.5. The van der Waals surface area contributed by atoms with E-state index >= 15 is 0 Å². The maximum Gasteiger partial charge on any atom is 0.313 e. The van der Waals surface area contributed by atoms with Gasteiger partial charge in [-0.05, 0) is 23.6 Å². The van der Waals surface area contributed by atoms with Crippen molar-refractivity contribution in [2.24, 2.45) is 5.41 Å². The van der Waals surface area contributed by atoms with Crippen LogP contribution in [0.1, 0.15) is 6.92 Å². The standard InChI is InChI=1S/C19H19N3O5S4/c1-12(23)22(31(27)14-6-4-8-28-14)15-16(24)21-9-19(18(25)26,11-30-17(15)21)10-29-13-5-2-3-7-20-13/h2-8,15,17H,9-11H2,1H3,(H,25,26)/t15?,17-,19?,31?/m1/s1. The molecule has 2 aromatic heterocycles. The lowest BCUT2D eigenvalue weighted by Gasteiger charge is -2.54. The van der Waals surface area contributed by atoms with Crippen LogP contribution in [0.4, 0.5) is 0 Å². The Hall–Kier alpha value is -1.73. The third kappa shape index (κ3) is 4.19. The second-order valence-electron chi connectivity index (χ2n) is 7.18. The normalized spacial score (nSPS) is 26.0. The van der Waals surface area contributed by atoms with Gasteiger partial charge in [-0.1, -0.05) is 17.4 Å². The molecule has 1 N–H and O–H groups in total. The topological polar surface area (TPSA) is 114 Å². The lowest BCUT2D eigenvalue weighted by molar-refractivity contribution is -0.161. The summed E-state index contributed by atoms with van der Waals surface area (Å²) in [5.41, 5.74) is -1.13. The molecule has 4 atom stereocenters. The largest absolute Gasteiger partial charge is 0.587 e. The molecule has 2 aliphatic rings. The monoisotopic (exact) mass is 497 g/mol. The lowest BCUT2D eigenvalue weighted by Crippen LogP contribution is -2.74. The maximum absolute atomic E-state index is 13.0. The van der Waals surface area contributed by atoms with Crippen molar-refractivity contribution in [2.75, 3.05) is 18.1 Å². The maximum atomic E-state index is 13.0. The number of aromatic nitrogens is 1. The molecule has 2 aliphatic heterocycles. The average molecular weight is 498 g/mol. The fourth-order valence-electron chi connectivity index (χ4n) is 3.49. The molecule has 8 nitrogen and oxygen atoms in total. The first-order valence-corrected chi connectivity index (χ1v) is 13.3. The van der Waals surface area contributed by atoms with E-state index in [2.05, 4.69) is 4.98 Å². The zero-order chi connectivity index (χ0) is 22.2. The van der Waals surface area contributed by atoms with Crippen LogP contribution in [0.15, 0.2) is 51.1 Å². The number of thioether (sulfide) groups is 2. The third-order valence-corrected chi connectivity index (χ3v) is 10.6. The van der Waals surface area contributed by atoms with Crippen molar-refractivity contribution >= 4 is 64.0 Å². The first-order chi connectivity index (χ1) is 14.8. The molecule has 2 aromatic rings. The second-order valence-corrected chi connectivity index (χ2v) is 11.8. The number of thiophene rings is 1. The fraction of sp³-hybridized carbons (Fsp3) is 0.368. The number of aliphatic carboxylic acids is 1. The Morgan fingerprint density at radius 1 is 1.42 bits per heavy atom. The highest BCUT2D eigenvalue weighted by Crippen LogP contribution is 2.46. The van der Waals surface area contributed by atoms with E-state index in [1.807, 2.05) is 12.1 Å². The van der Waals surface area contributed by atoms with E-state index in [1.54, 1.807) is 29.8 Å². The van der Waals surface area contributed by atoms with Crippen molar-refractivity contribution in [1.29, 1.82) is 0 Å². The number of hydrogen-bond acceptors (Lipinski definition) is 8. The predicted molar refractivity (Wildman–Crippen MR) is 120 cm³/mol. The van der Waals surface area contributed by atoms with Gasteiger partial charge < -0.3 is 14.6 Å². The summed E-state index contributed by atoms with van der Waals surface area (Å²) in [6, 6.07) is 7.98. The summed E-state index contributed by atoms with van der Waals surface area (Å²) in [5, 5.41) is 12.0. The quantitative estimate of drug-likeness (QED) is 0.352. The van der Waals surface area contributed by atoms with Crippen LogP contribution in [0, 0.1) is 5.41 Å². The number of carbonyl (C=O) groups is 3. The summed E-state index contributed by atoms with van der Waals surface area (Å²) in [6.07, 6.45) is 1.65. The van der Waals surface area contributed by atoms with Crippen LogP contribution in [0.25, 0.3) is 0 Å². The zero-order valence-corrected chi connectivity index (χ0v) is 19.6. The van der Waals surface area contributed by atoms with Gasteiger partial charge in [0.25, 0.3) is 11.8 Å². The van der Waals surface area contributed by atoms with Crippen molar-refractivity contribution in [3.63, 3.8) is 0 Å². The van der Waals surface area contributed by atoms with Crippen molar-refractivity contribution in [3.05, 3.63) is 41.9 Å². The third-order valence-electron chi connectivity index (χ3n) is 5.11. The van der Waals surface area contributed by atoms with Crippen LogP contribution in [0.2, 0.25) is 0 Å². The molecule has 2 amide bonds. The molecule has 0 radical (unpaired) electrons. The molecule has 164 valence electrons. The number of fused-ring (bicyclic) bond motifs is 1. The number of pyridine rings is 1. The van der Waals surface area contributed by atoms with Crippen LogP contribution < -0.4 is 0 Å². The highest BCUT2D eigenvalue weighted by atomic mass is 32.2. The molecule has 4 heterocycles. The predicted octanol–water partition coefficient (Wildman–Crippen LogP) is 2.16. The van der Waals surface area contributed by atoms with Crippen molar-refractivity contribution < 1.29 is 24.0 Å². The Bertz CT molecular complexity index is 976. The highest BCUT2D eigenvalue weighted by molar-refractivity contribution is 8.00. The van der Waals surface area contributed by atoms with Crippen molar-refractivity contribution in [2.45, 2.75) is 27.6 Å². The number of carbonyl (C=O) groups excluding carboxylic acids is 2. The van der Waals surface area contributed by atoms with Crippen LogP contribution in [-0.4, -0.2) is 71.1 Å². The number of carboxylic acid groups (broad SMARTS) is 1. The Balaban J connectivity index is 1.50. The summed E-state index contributed by atoms with van der Waals surface area (Å²) in [5.74, 6) is -1.24. The number of amides is 2.